The van der Waals surface area contributed by atoms with Crippen molar-refractivity contribution in [3.63, 3.8) is 0 Å². The number of hydrogen-bond donors (Lipinski definition) is 2. The SMILES string of the molecule is CCN1CCC(NC(=O)CN(C)CC2CCCCC2O)CC1. The number of likely N-dealkylation sites (tertiary alicyclic amines) is 1. The molecule has 0 radical (unpaired) electrons. The van der Waals surface area contributed by atoms with E-state index < -0.39 is 0 Å². The highest BCUT2D eigenvalue weighted by atomic mass is 16.3. The van der Waals surface area contributed by atoms with E-state index in [1.807, 2.05) is 7.05 Å². The summed E-state index contributed by atoms with van der Waals surface area (Å²) in [6.45, 7) is 6.73. The van der Waals surface area contributed by atoms with Gasteiger partial charge in [0.25, 0.3) is 0 Å². The van der Waals surface area contributed by atoms with Gasteiger partial charge < -0.3 is 15.3 Å². The Kier molecular flexibility index (Phi) is 7.12. The van der Waals surface area contributed by atoms with Crippen LogP contribution in [0.5, 0.6) is 0 Å². The number of aliphatic hydroxyl groups excluding tert-OH is 1. The number of piperidine rings is 1. The van der Waals surface area contributed by atoms with E-state index >= 15 is 0 Å². The van der Waals surface area contributed by atoms with Gasteiger partial charge in [-0.2, -0.15) is 0 Å². The Bertz CT molecular complexity index is 343. The molecule has 1 saturated carbocycles. The number of hydrogen-bond acceptors (Lipinski definition) is 4. The largest absolute Gasteiger partial charge is 0.393 e. The van der Waals surface area contributed by atoms with Gasteiger partial charge in [-0.1, -0.05) is 19.8 Å². The minimum Gasteiger partial charge on any atom is -0.393 e. The molecule has 1 amide bonds. The van der Waals surface area contributed by atoms with E-state index in [0.717, 1.165) is 58.3 Å². The first-order valence-electron chi connectivity index (χ1n) is 8.96. The quantitative estimate of drug-likeness (QED) is 0.770. The third-order valence-corrected chi connectivity index (χ3v) is 5.23. The van der Waals surface area contributed by atoms with Gasteiger partial charge in [-0.25, -0.2) is 0 Å². The third kappa shape index (κ3) is 5.52. The van der Waals surface area contributed by atoms with Crippen LogP contribution in [0, 0.1) is 5.92 Å². The Labute approximate surface area is 135 Å². The highest BCUT2D eigenvalue weighted by Crippen LogP contribution is 2.24. The maximum atomic E-state index is 12.2. The van der Waals surface area contributed by atoms with Crippen LogP contribution >= 0.6 is 0 Å². The van der Waals surface area contributed by atoms with Crippen LogP contribution in [0.2, 0.25) is 0 Å². The van der Waals surface area contributed by atoms with Crippen molar-refractivity contribution in [3.8, 4) is 0 Å². The van der Waals surface area contributed by atoms with Crippen LogP contribution < -0.4 is 5.32 Å². The first-order chi connectivity index (χ1) is 10.6. The van der Waals surface area contributed by atoms with Crippen molar-refractivity contribution >= 4 is 5.91 Å². The van der Waals surface area contributed by atoms with Crippen molar-refractivity contribution in [1.82, 2.24) is 15.1 Å². The lowest BCUT2D eigenvalue weighted by Gasteiger charge is -2.33. The summed E-state index contributed by atoms with van der Waals surface area (Å²) in [4.78, 5) is 16.7. The van der Waals surface area contributed by atoms with Crippen LogP contribution in [0.25, 0.3) is 0 Å². The Hall–Kier alpha value is -0.650. The fourth-order valence-corrected chi connectivity index (χ4v) is 3.78. The molecule has 2 atom stereocenters. The Balaban J connectivity index is 1.65. The first-order valence-corrected chi connectivity index (χ1v) is 8.96. The summed E-state index contributed by atoms with van der Waals surface area (Å²) in [5.41, 5.74) is 0. The molecule has 2 unspecified atom stereocenters. The van der Waals surface area contributed by atoms with Crippen LogP contribution in [-0.4, -0.2) is 72.7 Å². The predicted octanol–water partition coefficient (Wildman–Crippen LogP) is 1.07. The average Bonchev–Trinajstić information content (AvgIpc) is 2.50. The molecule has 2 rings (SSSR count). The summed E-state index contributed by atoms with van der Waals surface area (Å²) in [5.74, 6) is 0.460. The van der Waals surface area contributed by atoms with Crippen LogP contribution in [-0.2, 0) is 4.79 Å². The second-order valence-electron chi connectivity index (χ2n) is 7.08. The van der Waals surface area contributed by atoms with E-state index in [1.165, 1.54) is 6.42 Å². The molecule has 1 heterocycles. The van der Waals surface area contributed by atoms with Crippen LogP contribution in [0.1, 0.15) is 45.4 Å². The number of nitrogens with zero attached hydrogens (tertiary/aromatic N) is 2. The Morgan fingerprint density at radius 2 is 1.91 bits per heavy atom. The molecule has 0 aromatic heterocycles. The summed E-state index contributed by atoms with van der Waals surface area (Å²) in [6.07, 6.45) is 6.28. The third-order valence-electron chi connectivity index (χ3n) is 5.23. The van der Waals surface area contributed by atoms with Gasteiger partial charge in [-0.3, -0.25) is 9.69 Å². The Morgan fingerprint density at radius 3 is 2.55 bits per heavy atom. The fraction of sp³-hybridized carbons (Fsp3) is 0.941. The van der Waals surface area contributed by atoms with E-state index in [-0.39, 0.29) is 12.0 Å². The second kappa shape index (κ2) is 8.85. The van der Waals surface area contributed by atoms with E-state index in [2.05, 4.69) is 22.0 Å². The van der Waals surface area contributed by atoms with Crippen LogP contribution in [0.15, 0.2) is 0 Å². The zero-order chi connectivity index (χ0) is 15.9. The number of aliphatic hydroxyl groups is 1. The smallest absolute Gasteiger partial charge is 0.234 e. The van der Waals surface area contributed by atoms with E-state index in [1.54, 1.807) is 0 Å². The van der Waals surface area contributed by atoms with Gasteiger partial charge in [0.1, 0.15) is 0 Å². The molecule has 1 aliphatic heterocycles. The number of carbonyl (C=O) groups is 1. The monoisotopic (exact) mass is 311 g/mol. The van der Waals surface area contributed by atoms with Crippen molar-refractivity contribution in [2.45, 2.75) is 57.6 Å². The number of likely N-dealkylation sites (N-methyl/N-ethyl adjacent to an activating group) is 1. The fourth-order valence-electron chi connectivity index (χ4n) is 3.78. The van der Waals surface area contributed by atoms with Gasteiger partial charge in [0.15, 0.2) is 0 Å². The highest BCUT2D eigenvalue weighted by molar-refractivity contribution is 5.78. The number of amides is 1. The highest BCUT2D eigenvalue weighted by Gasteiger charge is 2.25. The van der Waals surface area contributed by atoms with E-state index in [4.69, 9.17) is 0 Å². The summed E-state index contributed by atoms with van der Waals surface area (Å²) < 4.78 is 0. The molecule has 0 bridgehead atoms. The lowest BCUT2D eigenvalue weighted by atomic mass is 9.86. The van der Waals surface area contributed by atoms with Gasteiger partial charge in [0.05, 0.1) is 12.6 Å². The molecule has 1 saturated heterocycles. The average molecular weight is 311 g/mol. The summed E-state index contributed by atoms with van der Waals surface area (Å²) in [6, 6.07) is 0.337. The summed E-state index contributed by atoms with van der Waals surface area (Å²) >= 11 is 0. The topological polar surface area (TPSA) is 55.8 Å². The number of rotatable bonds is 6. The maximum Gasteiger partial charge on any atom is 0.234 e. The number of carbonyl (C=O) groups excluding carboxylic acids is 1. The minimum absolute atomic E-state index is 0.128. The maximum absolute atomic E-state index is 12.2. The van der Waals surface area contributed by atoms with Crippen molar-refractivity contribution < 1.29 is 9.90 Å². The van der Waals surface area contributed by atoms with Gasteiger partial charge in [-0.05, 0) is 45.2 Å². The molecule has 22 heavy (non-hydrogen) atoms. The zero-order valence-corrected chi connectivity index (χ0v) is 14.3. The molecule has 128 valence electrons. The van der Waals surface area contributed by atoms with Crippen molar-refractivity contribution in [1.29, 1.82) is 0 Å². The van der Waals surface area contributed by atoms with Gasteiger partial charge >= 0.3 is 0 Å². The molecule has 0 aromatic rings. The number of nitrogens with one attached hydrogen (secondary N) is 1. The van der Waals surface area contributed by atoms with Crippen molar-refractivity contribution in [2.75, 3.05) is 39.8 Å². The van der Waals surface area contributed by atoms with Crippen molar-refractivity contribution in [2.24, 2.45) is 5.92 Å². The van der Waals surface area contributed by atoms with Crippen LogP contribution in [0.3, 0.4) is 0 Å². The van der Waals surface area contributed by atoms with Gasteiger partial charge in [0, 0.05) is 25.7 Å². The van der Waals surface area contributed by atoms with Gasteiger partial charge in [-0.15, -0.1) is 0 Å². The molecule has 2 aliphatic rings. The van der Waals surface area contributed by atoms with Crippen LogP contribution in [0.4, 0.5) is 0 Å². The molecule has 5 heteroatoms. The molecular formula is C17H33N3O2. The van der Waals surface area contributed by atoms with Crippen molar-refractivity contribution in [3.05, 3.63) is 0 Å². The standard InChI is InChI=1S/C17H33N3O2/c1-3-20-10-8-15(9-11-20)18-17(22)13-19(2)12-14-6-4-5-7-16(14)21/h14-16,21H,3-13H2,1-2H3,(H,18,22). The minimum atomic E-state index is -0.183. The normalized spacial score (nSPS) is 28.0. The van der Waals surface area contributed by atoms with E-state index in [9.17, 15) is 9.90 Å². The molecule has 1 aliphatic carbocycles. The zero-order valence-electron chi connectivity index (χ0n) is 14.3. The molecule has 5 nitrogen and oxygen atoms in total. The molecule has 2 N–H and O–H groups in total. The summed E-state index contributed by atoms with van der Waals surface area (Å²) in [5, 5.41) is 13.2. The van der Waals surface area contributed by atoms with E-state index in [0.29, 0.717) is 18.5 Å². The molecular weight excluding hydrogens is 278 g/mol. The second-order valence-corrected chi connectivity index (χ2v) is 7.08. The molecule has 2 fully saturated rings. The lowest BCUT2D eigenvalue weighted by molar-refractivity contribution is -0.123. The molecule has 0 aromatic carbocycles. The lowest BCUT2D eigenvalue weighted by Crippen LogP contribution is -2.47. The predicted molar refractivity (Wildman–Crippen MR) is 88.7 cm³/mol. The van der Waals surface area contributed by atoms with Gasteiger partial charge in [0.2, 0.25) is 5.91 Å². The summed E-state index contributed by atoms with van der Waals surface area (Å²) in [7, 11) is 1.99. The molecule has 0 spiro atoms. The first kappa shape index (κ1) is 17.7. The Morgan fingerprint density at radius 1 is 1.23 bits per heavy atom.